The summed E-state index contributed by atoms with van der Waals surface area (Å²) in [6.45, 7) is 0. The molecule has 1 aromatic heterocycles. The van der Waals surface area contributed by atoms with Crippen LogP contribution in [0, 0.1) is 10.1 Å². The Kier molecular flexibility index (Phi) is 4.14. The molecule has 104 valence electrons. The summed E-state index contributed by atoms with van der Waals surface area (Å²) in [4.78, 5) is 23.6. The number of ether oxygens (including phenoxy) is 2. The summed E-state index contributed by atoms with van der Waals surface area (Å²) < 4.78 is 44.2. The zero-order chi connectivity index (χ0) is 14.8. The summed E-state index contributed by atoms with van der Waals surface area (Å²) in [5.41, 5.74) is -1.88. The number of hydrogen-bond donors (Lipinski definition) is 0. The summed E-state index contributed by atoms with van der Waals surface area (Å²) in [5.74, 6) is -1.81. The Bertz CT molecular complexity index is 534. The molecule has 0 fully saturated rings. The maximum absolute atomic E-state index is 12.1. The van der Waals surface area contributed by atoms with Crippen molar-refractivity contribution in [1.29, 1.82) is 0 Å². The van der Waals surface area contributed by atoms with Crippen molar-refractivity contribution in [3.8, 4) is 11.6 Å². The predicted molar refractivity (Wildman–Crippen MR) is 54.3 cm³/mol. The number of rotatable bonds is 4. The van der Waals surface area contributed by atoms with Gasteiger partial charge >= 0.3 is 12.0 Å². The number of methoxy groups -OCH3 is 1. The third kappa shape index (κ3) is 3.68. The molecule has 0 saturated heterocycles. The largest absolute Gasteiger partial charge is 0.573 e. The number of nitrogens with zero attached hydrogens (tertiary/aromatic N) is 2. The minimum atomic E-state index is -5.10. The Morgan fingerprint density at radius 3 is 2.47 bits per heavy atom. The van der Waals surface area contributed by atoms with Crippen molar-refractivity contribution >= 4 is 22.5 Å². The van der Waals surface area contributed by atoms with Gasteiger partial charge in [-0.3, -0.25) is 14.9 Å². The molecule has 0 spiro atoms. The van der Waals surface area contributed by atoms with E-state index in [0.717, 1.165) is 7.11 Å². The average Bonchev–Trinajstić information content (AvgIpc) is 2.25. The highest BCUT2D eigenvalue weighted by atomic mass is 35.5. The zero-order valence-electron chi connectivity index (χ0n) is 9.02. The normalized spacial score (nSPS) is 11.0. The van der Waals surface area contributed by atoms with Gasteiger partial charge in [0, 0.05) is 0 Å². The van der Waals surface area contributed by atoms with Crippen molar-refractivity contribution in [2.24, 2.45) is 0 Å². The molecular formula is C8H4ClF3N2O5. The van der Waals surface area contributed by atoms with E-state index in [-0.39, 0.29) is 0 Å². The van der Waals surface area contributed by atoms with Gasteiger partial charge in [-0.1, -0.05) is 0 Å². The lowest BCUT2D eigenvalue weighted by atomic mass is 10.3. The minimum absolute atomic E-state index is 0.356. The Balaban J connectivity index is 3.44. The first-order valence-electron chi connectivity index (χ1n) is 4.34. The van der Waals surface area contributed by atoms with E-state index in [0.29, 0.717) is 6.07 Å². The highest BCUT2D eigenvalue weighted by molar-refractivity contribution is 6.67. The van der Waals surface area contributed by atoms with Gasteiger partial charge in [0.15, 0.2) is 5.75 Å². The number of aromatic nitrogens is 1. The van der Waals surface area contributed by atoms with Crippen LogP contribution in [0.15, 0.2) is 6.07 Å². The van der Waals surface area contributed by atoms with Gasteiger partial charge in [0.05, 0.1) is 18.1 Å². The quantitative estimate of drug-likeness (QED) is 0.481. The molecule has 0 aliphatic rings. The molecule has 0 bridgehead atoms. The third-order valence-corrected chi connectivity index (χ3v) is 1.92. The molecular weight excluding hydrogens is 297 g/mol. The molecule has 0 amide bonds. The van der Waals surface area contributed by atoms with Crippen molar-refractivity contribution in [3.05, 3.63) is 21.9 Å². The number of hydrogen-bond acceptors (Lipinski definition) is 6. The molecule has 0 radical (unpaired) electrons. The van der Waals surface area contributed by atoms with Gasteiger partial charge in [0.2, 0.25) is 5.69 Å². The Morgan fingerprint density at radius 1 is 1.53 bits per heavy atom. The molecule has 1 aromatic rings. The van der Waals surface area contributed by atoms with E-state index in [1.54, 1.807) is 0 Å². The van der Waals surface area contributed by atoms with Gasteiger partial charge in [-0.05, 0) is 11.6 Å². The molecule has 0 aromatic carbocycles. The molecule has 0 saturated carbocycles. The van der Waals surface area contributed by atoms with E-state index >= 15 is 0 Å². The number of halogens is 4. The molecule has 19 heavy (non-hydrogen) atoms. The maximum Gasteiger partial charge on any atom is 0.573 e. The number of nitro groups is 1. The van der Waals surface area contributed by atoms with Gasteiger partial charge < -0.3 is 9.47 Å². The van der Waals surface area contributed by atoms with Crippen LogP contribution < -0.4 is 9.47 Å². The molecule has 0 unspecified atom stereocenters. The lowest BCUT2D eigenvalue weighted by molar-refractivity contribution is -0.385. The van der Waals surface area contributed by atoms with Crippen molar-refractivity contribution in [2.75, 3.05) is 7.11 Å². The Morgan fingerprint density at radius 2 is 2.11 bits per heavy atom. The standard InChI is InChI=1S/C8H4ClF3N2O5/c1-18-7-4(19-8(10,11)12)2-3(14(16)17)5(13-7)6(9)15/h2H,1H3. The van der Waals surface area contributed by atoms with E-state index in [2.05, 4.69) is 14.5 Å². The number of carbonyl (C=O) groups excluding carboxylic acids is 1. The second-order valence-corrected chi connectivity index (χ2v) is 3.29. The summed E-state index contributed by atoms with van der Waals surface area (Å²) in [7, 11) is 0.944. The van der Waals surface area contributed by atoms with Crippen molar-refractivity contribution < 1.29 is 32.4 Å². The fourth-order valence-corrected chi connectivity index (χ4v) is 1.24. The first-order chi connectivity index (χ1) is 8.65. The molecule has 1 rings (SSSR count). The van der Waals surface area contributed by atoms with Crippen LogP contribution in [0.3, 0.4) is 0 Å². The molecule has 0 N–H and O–H groups in total. The van der Waals surface area contributed by atoms with Crippen molar-refractivity contribution in [3.63, 3.8) is 0 Å². The zero-order valence-corrected chi connectivity index (χ0v) is 9.78. The third-order valence-electron chi connectivity index (χ3n) is 1.74. The van der Waals surface area contributed by atoms with Crippen LogP contribution in [0.5, 0.6) is 11.6 Å². The maximum atomic E-state index is 12.1. The SMILES string of the molecule is COc1nc(C(=O)Cl)c([N+](=O)[O-])cc1OC(F)(F)F. The summed E-state index contributed by atoms with van der Waals surface area (Å²) in [5, 5.41) is 9.30. The van der Waals surface area contributed by atoms with E-state index < -0.39 is 39.5 Å². The minimum Gasteiger partial charge on any atom is -0.478 e. The summed E-state index contributed by atoms with van der Waals surface area (Å²) >= 11 is 5.04. The van der Waals surface area contributed by atoms with Crippen molar-refractivity contribution in [2.45, 2.75) is 6.36 Å². The summed E-state index contributed by atoms with van der Waals surface area (Å²) in [6, 6.07) is 0.356. The van der Waals surface area contributed by atoms with Crippen LogP contribution >= 0.6 is 11.6 Å². The molecule has 7 nitrogen and oxygen atoms in total. The summed E-state index contributed by atoms with van der Waals surface area (Å²) in [6.07, 6.45) is -5.10. The first-order valence-corrected chi connectivity index (χ1v) is 4.72. The Hall–Kier alpha value is -2.10. The fraction of sp³-hybridized carbons (Fsp3) is 0.250. The van der Waals surface area contributed by atoms with Crippen molar-refractivity contribution in [1.82, 2.24) is 4.98 Å². The second-order valence-electron chi connectivity index (χ2n) is 2.94. The van der Waals surface area contributed by atoms with Crippen LogP contribution in [-0.2, 0) is 0 Å². The van der Waals surface area contributed by atoms with Gasteiger partial charge in [0.25, 0.3) is 11.1 Å². The highest BCUT2D eigenvalue weighted by Gasteiger charge is 2.35. The van der Waals surface area contributed by atoms with Crippen LogP contribution in [0.4, 0.5) is 18.9 Å². The van der Waals surface area contributed by atoms with Crippen LogP contribution in [0.2, 0.25) is 0 Å². The monoisotopic (exact) mass is 300 g/mol. The smallest absolute Gasteiger partial charge is 0.478 e. The lowest BCUT2D eigenvalue weighted by Gasteiger charge is -2.12. The first kappa shape index (κ1) is 15.0. The van der Waals surface area contributed by atoms with Gasteiger partial charge in [-0.25, -0.2) is 0 Å². The second kappa shape index (κ2) is 5.26. The van der Waals surface area contributed by atoms with Gasteiger partial charge in [-0.2, -0.15) is 4.98 Å². The lowest BCUT2D eigenvalue weighted by Crippen LogP contribution is -2.18. The van der Waals surface area contributed by atoms with Gasteiger partial charge in [0.1, 0.15) is 0 Å². The number of pyridine rings is 1. The van der Waals surface area contributed by atoms with E-state index in [4.69, 9.17) is 11.6 Å². The molecule has 0 atom stereocenters. The highest BCUT2D eigenvalue weighted by Crippen LogP contribution is 2.35. The van der Waals surface area contributed by atoms with Gasteiger partial charge in [-0.15, -0.1) is 13.2 Å². The average molecular weight is 301 g/mol. The number of carbonyl (C=O) groups is 1. The molecule has 11 heteroatoms. The topological polar surface area (TPSA) is 91.6 Å². The van der Waals surface area contributed by atoms with Crippen LogP contribution in [-0.4, -0.2) is 28.6 Å². The molecule has 0 aliphatic heterocycles. The van der Waals surface area contributed by atoms with Crippen LogP contribution in [0.1, 0.15) is 10.5 Å². The molecule has 0 aliphatic carbocycles. The molecule has 1 heterocycles. The Labute approximate surface area is 108 Å². The fourth-order valence-electron chi connectivity index (χ4n) is 1.10. The number of alkyl halides is 3. The van der Waals surface area contributed by atoms with E-state index in [1.165, 1.54) is 0 Å². The van der Waals surface area contributed by atoms with E-state index in [9.17, 15) is 28.1 Å². The predicted octanol–water partition coefficient (Wildman–Crippen LogP) is 2.28. The van der Waals surface area contributed by atoms with Crippen LogP contribution in [0.25, 0.3) is 0 Å². The van der Waals surface area contributed by atoms with E-state index in [1.807, 2.05) is 0 Å².